The van der Waals surface area contributed by atoms with Crippen LogP contribution in [-0.4, -0.2) is 46.1 Å². The van der Waals surface area contributed by atoms with Gasteiger partial charge in [-0.3, -0.25) is 4.79 Å². The number of rotatable bonds is 2. The number of aliphatic hydroxyl groups is 2. The molecule has 7 heteroatoms. The smallest absolute Gasteiger partial charge is 0.264 e. The van der Waals surface area contributed by atoms with Gasteiger partial charge in [-0.2, -0.15) is 0 Å². The minimum absolute atomic E-state index is 0.205. The van der Waals surface area contributed by atoms with Crippen molar-refractivity contribution in [2.24, 2.45) is 0 Å². The predicted octanol–water partition coefficient (Wildman–Crippen LogP) is -0.366. The van der Waals surface area contributed by atoms with Crippen molar-refractivity contribution in [3.8, 4) is 0 Å². The molecule has 2 aliphatic rings. The highest BCUT2D eigenvalue weighted by Gasteiger charge is 2.38. The van der Waals surface area contributed by atoms with Gasteiger partial charge in [0.2, 0.25) is 0 Å². The molecule has 6 nitrogen and oxygen atoms in total. The second kappa shape index (κ2) is 4.92. The Labute approximate surface area is 112 Å². The molecule has 3 unspecified atom stereocenters. The van der Waals surface area contributed by atoms with Gasteiger partial charge in [-0.25, -0.2) is 0 Å². The number of hydrogen-bond donors (Lipinski definition) is 3. The summed E-state index contributed by atoms with van der Waals surface area (Å²) in [6.45, 7) is 3.49. The van der Waals surface area contributed by atoms with E-state index in [-0.39, 0.29) is 12.5 Å². The summed E-state index contributed by atoms with van der Waals surface area (Å²) in [4.78, 5) is 13.0. The summed E-state index contributed by atoms with van der Waals surface area (Å²) < 4.78 is 6.00. The molecule has 0 aliphatic carbocycles. The van der Waals surface area contributed by atoms with Crippen molar-refractivity contribution in [1.82, 2.24) is 10.2 Å². The van der Waals surface area contributed by atoms with Crippen molar-refractivity contribution in [2.75, 3.05) is 6.61 Å². The molecule has 0 spiro atoms. The van der Waals surface area contributed by atoms with Crippen molar-refractivity contribution in [1.29, 1.82) is 0 Å². The molecule has 0 bridgehead atoms. The van der Waals surface area contributed by atoms with Crippen LogP contribution < -0.4 is 5.32 Å². The Bertz CT molecular complexity index is 385. The summed E-state index contributed by atoms with van der Waals surface area (Å²) >= 11 is 1.91. The summed E-state index contributed by atoms with van der Waals surface area (Å²) in [5.41, 5.74) is 0. The zero-order chi connectivity index (χ0) is 12.6. The van der Waals surface area contributed by atoms with Crippen molar-refractivity contribution in [3.63, 3.8) is 0 Å². The molecule has 0 radical (unpaired) electrons. The minimum atomic E-state index is -0.707. The van der Waals surface area contributed by atoms with Crippen LogP contribution in [0.25, 0.3) is 0 Å². The van der Waals surface area contributed by atoms with Crippen LogP contribution >= 0.6 is 22.6 Å². The molecule has 3 atom stereocenters. The van der Waals surface area contributed by atoms with Gasteiger partial charge in [0.05, 0.1) is 16.3 Å². The molecule has 2 heterocycles. The lowest BCUT2D eigenvalue weighted by atomic mass is 10.2. The van der Waals surface area contributed by atoms with Gasteiger partial charge in [0.1, 0.15) is 18.2 Å². The second-order valence-corrected chi connectivity index (χ2v) is 5.06. The van der Waals surface area contributed by atoms with Crippen LogP contribution in [0, 0.1) is 0 Å². The van der Waals surface area contributed by atoms with Crippen LogP contribution in [0.2, 0.25) is 0 Å². The van der Waals surface area contributed by atoms with E-state index in [4.69, 9.17) is 9.84 Å². The molecular formula is C10H13IN2O4. The standard InChI is InChI=1S/C10H13IN2O4/c1-5-12-10(16)6(11)3-13(5)9-2-7(15)8(4-14)17-9/h3,7-9,14-15H,1-2,4H2,(H,12,16). The zero-order valence-corrected chi connectivity index (χ0v) is 11.1. The third kappa shape index (κ3) is 2.46. The number of amides is 1. The molecule has 2 rings (SSSR count). The van der Waals surface area contributed by atoms with Crippen LogP contribution in [0.4, 0.5) is 0 Å². The topological polar surface area (TPSA) is 82.0 Å². The van der Waals surface area contributed by atoms with Crippen molar-refractivity contribution in [3.05, 3.63) is 22.2 Å². The van der Waals surface area contributed by atoms with Crippen LogP contribution in [0.1, 0.15) is 6.42 Å². The van der Waals surface area contributed by atoms with Crippen LogP contribution in [-0.2, 0) is 9.53 Å². The molecule has 3 N–H and O–H groups in total. The van der Waals surface area contributed by atoms with E-state index in [2.05, 4.69) is 11.9 Å². The van der Waals surface area contributed by atoms with E-state index >= 15 is 0 Å². The Morgan fingerprint density at radius 2 is 2.41 bits per heavy atom. The molecule has 1 amide bonds. The summed E-state index contributed by atoms with van der Waals surface area (Å²) in [6, 6.07) is 0. The number of nitrogens with one attached hydrogen (secondary N) is 1. The third-order valence-electron chi connectivity index (χ3n) is 2.73. The van der Waals surface area contributed by atoms with Gasteiger partial charge in [-0.05, 0) is 22.6 Å². The second-order valence-electron chi connectivity index (χ2n) is 3.90. The number of carbonyl (C=O) groups is 1. The number of ether oxygens (including phenoxy) is 1. The van der Waals surface area contributed by atoms with Crippen LogP contribution in [0.3, 0.4) is 0 Å². The normalized spacial score (nSPS) is 33.7. The van der Waals surface area contributed by atoms with E-state index in [0.29, 0.717) is 15.8 Å². The van der Waals surface area contributed by atoms with E-state index in [1.54, 1.807) is 11.1 Å². The lowest BCUT2D eigenvalue weighted by molar-refractivity contribution is -0.117. The van der Waals surface area contributed by atoms with Gasteiger partial charge in [-0.15, -0.1) is 0 Å². The summed E-state index contributed by atoms with van der Waals surface area (Å²) in [7, 11) is 0. The Kier molecular flexibility index (Phi) is 3.71. The van der Waals surface area contributed by atoms with E-state index in [1.807, 2.05) is 22.6 Å². The first-order chi connectivity index (χ1) is 8.02. The van der Waals surface area contributed by atoms with Crippen molar-refractivity contribution in [2.45, 2.75) is 24.9 Å². The largest absolute Gasteiger partial charge is 0.394 e. The Hall–Kier alpha value is -0.640. The van der Waals surface area contributed by atoms with Gasteiger partial charge < -0.3 is 25.2 Å². The van der Waals surface area contributed by atoms with Gasteiger partial charge in [0.15, 0.2) is 0 Å². The maximum absolute atomic E-state index is 11.3. The highest BCUT2D eigenvalue weighted by atomic mass is 127. The molecule has 1 saturated heterocycles. The summed E-state index contributed by atoms with van der Waals surface area (Å²) in [5, 5.41) is 21.2. The Morgan fingerprint density at radius 1 is 1.71 bits per heavy atom. The summed E-state index contributed by atoms with van der Waals surface area (Å²) in [6.07, 6.45) is 0.275. The highest BCUT2D eigenvalue weighted by molar-refractivity contribution is 14.1. The number of halogens is 1. The fourth-order valence-corrected chi connectivity index (χ4v) is 2.26. The van der Waals surface area contributed by atoms with E-state index in [1.165, 1.54) is 0 Å². The highest BCUT2D eigenvalue weighted by Crippen LogP contribution is 2.28. The van der Waals surface area contributed by atoms with Gasteiger partial charge in [-0.1, -0.05) is 6.58 Å². The lowest BCUT2D eigenvalue weighted by Crippen LogP contribution is -2.42. The lowest BCUT2D eigenvalue weighted by Gasteiger charge is -2.32. The monoisotopic (exact) mass is 352 g/mol. The predicted molar refractivity (Wildman–Crippen MR) is 67.6 cm³/mol. The molecule has 2 aliphatic heterocycles. The zero-order valence-electron chi connectivity index (χ0n) is 8.97. The molecule has 1 fully saturated rings. The van der Waals surface area contributed by atoms with E-state index in [9.17, 15) is 9.90 Å². The molecule has 94 valence electrons. The Morgan fingerprint density at radius 3 is 3.00 bits per heavy atom. The first-order valence-corrected chi connectivity index (χ1v) is 6.21. The maximum Gasteiger partial charge on any atom is 0.264 e. The van der Waals surface area contributed by atoms with Gasteiger partial charge in [0, 0.05) is 12.6 Å². The third-order valence-corrected chi connectivity index (χ3v) is 3.50. The fourth-order valence-electron chi connectivity index (χ4n) is 1.82. The number of aliphatic hydroxyl groups excluding tert-OH is 2. The summed E-state index contributed by atoms with van der Waals surface area (Å²) in [5.74, 6) is 0.204. The first kappa shape index (κ1) is 12.8. The maximum atomic E-state index is 11.3. The molecule has 0 aromatic heterocycles. The van der Waals surface area contributed by atoms with Gasteiger partial charge >= 0.3 is 0 Å². The molecule has 17 heavy (non-hydrogen) atoms. The molecular weight excluding hydrogens is 339 g/mol. The van der Waals surface area contributed by atoms with Crippen LogP contribution in [0.15, 0.2) is 22.2 Å². The van der Waals surface area contributed by atoms with Crippen LogP contribution in [0.5, 0.6) is 0 Å². The average molecular weight is 352 g/mol. The molecule has 0 aromatic carbocycles. The molecule has 0 aromatic rings. The fraction of sp³-hybridized carbons (Fsp3) is 0.500. The van der Waals surface area contributed by atoms with Gasteiger partial charge in [0.25, 0.3) is 5.91 Å². The number of hydrogen-bond acceptors (Lipinski definition) is 5. The van der Waals surface area contributed by atoms with E-state index < -0.39 is 18.4 Å². The van der Waals surface area contributed by atoms with Crippen molar-refractivity contribution < 1.29 is 19.7 Å². The quantitative estimate of drug-likeness (QED) is 0.591. The SMILES string of the molecule is C=C1NC(=O)C(I)=CN1C1CC(O)C(CO)O1. The van der Waals surface area contributed by atoms with Crippen molar-refractivity contribution >= 4 is 28.5 Å². The number of carbonyl (C=O) groups excluding carboxylic acids is 1. The number of nitrogens with zero attached hydrogens (tertiary/aromatic N) is 1. The minimum Gasteiger partial charge on any atom is -0.394 e. The molecule has 0 saturated carbocycles. The van der Waals surface area contributed by atoms with E-state index in [0.717, 1.165) is 0 Å². The first-order valence-electron chi connectivity index (χ1n) is 5.13. The average Bonchev–Trinajstić information content (AvgIpc) is 2.65. The Balaban J connectivity index is 2.13.